The minimum absolute atomic E-state index is 0.169. The number of aromatic nitrogens is 4. The predicted molar refractivity (Wildman–Crippen MR) is 157 cm³/mol. The summed E-state index contributed by atoms with van der Waals surface area (Å²) in [5, 5.41) is 17.4. The fourth-order valence-electron chi connectivity index (χ4n) is 5.99. The van der Waals surface area contributed by atoms with Crippen LogP contribution < -0.4 is 5.32 Å². The first-order chi connectivity index (χ1) is 19.3. The third-order valence-corrected chi connectivity index (χ3v) is 8.24. The van der Waals surface area contributed by atoms with Crippen LogP contribution in [0.15, 0.2) is 84.9 Å². The Morgan fingerprint density at radius 1 is 0.950 bits per heavy atom. The molecule has 7 heteroatoms. The minimum atomic E-state index is -0.474. The molecule has 0 bridgehead atoms. The van der Waals surface area contributed by atoms with Gasteiger partial charge in [-0.05, 0) is 89.8 Å². The summed E-state index contributed by atoms with van der Waals surface area (Å²) >= 11 is 0. The summed E-state index contributed by atoms with van der Waals surface area (Å²) in [6, 6.07) is 28.2. The first-order valence-corrected chi connectivity index (χ1v) is 14.2. The van der Waals surface area contributed by atoms with Gasteiger partial charge < -0.3 is 10.1 Å². The van der Waals surface area contributed by atoms with E-state index in [0.29, 0.717) is 18.1 Å². The van der Waals surface area contributed by atoms with Crippen LogP contribution in [0.1, 0.15) is 86.7 Å². The molecule has 1 aromatic heterocycles. The molecule has 4 aromatic rings. The molecule has 7 nitrogen and oxygen atoms in total. The molecule has 0 amide bonds. The van der Waals surface area contributed by atoms with Gasteiger partial charge in [0.1, 0.15) is 6.04 Å². The molecular formula is C33H39N5O2. The lowest BCUT2D eigenvalue weighted by Gasteiger charge is -2.44. The number of benzene rings is 3. The first-order valence-electron chi connectivity index (χ1n) is 14.2. The number of nitrogens with zero attached hydrogens (tertiary/aromatic N) is 4. The molecule has 3 aromatic carbocycles. The summed E-state index contributed by atoms with van der Waals surface area (Å²) in [6.07, 6.45) is 3.91. The Hall–Kier alpha value is -4.00. The Labute approximate surface area is 237 Å². The second kappa shape index (κ2) is 11.6. The van der Waals surface area contributed by atoms with Gasteiger partial charge in [0.2, 0.25) is 0 Å². The number of anilines is 1. The normalized spacial score (nSPS) is 19.4. The van der Waals surface area contributed by atoms with E-state index in [1.165, 1.54) is 0 Å². The van der Waals surface area contributed by atoms with Crippen LogP contribution in [0.2, 0.25) is 0 Å². The van der Waals surface area contributed by atoms with Gasteiger partial charge in [0, 0.05) is 5.69 Å². The summed E-state index contributed by atoms with van der Waals surface area (Å²) in [5.74, 6) is 1.12. The molecule has 40 heavy (non-hydrogen) atoms. The van der Waals surface area contributed by atoms with Crippen molar-refractivity contribution in [2.75, 3.05) is 11.9 Å². The van der Waals surface area contributed by atoms with Crippen molar-refractivity contribution in [1.82, 2.24) is 20.2 Å². The van der Waals surface area contributed by atoms with Gasteiger partial charge in [-0.15, -0.1) is 5.10 Å². The van der Waals surface area contributed by atoms with Crippen molar-refractivity contribution < 1.29 is 9.53 Å². The van der Waals surface area contributed by atoms with Gasteiger partial charge >= 0.3 is 5.97 Å². The summed E-state index contributed by atoms with van der Waals surface area (Å²) in [5.41, 5.74) is 3.47. The zero-order chi connectivity index (χ0) is 28.2. The number of carbonyl (C=O) groups excluding carboxylic acids is 1. The highest BCUT2D eigenvalue weighted by atomic mass is 16.5. The number of hydrogen-bond donors (Lipinski definition) is 1. The molecule has 1 N–H and O–H groups in total. The zero-order valence-corrected chi connectivity index (χ0v) is 23.9. The van der Waals surface area contributed by atoms with Crippen LogP contribution >= 0.6 is 0 Å². The number of esters is 1. The fraction of sp³-hybridized carbons (Fsp3) is 0.394. The number of tetrazole rings is 1. The molecule has 208 valence electrons. The Morgan fingerprint density at radius 3 is 2.05 bits per heavy atom. The smallest absolute Gasteiger partial charge is 0.338 e. The molecular weight excluding hydrogens is 498 g/mol. The molecule has 0 atom stereocenters. The largest absolute Gasteiger partial charge is 0.462 e. The van der Waals surface area contributed by atoms with Gasteiger partial charge in [0.05, 0.1) is 17.7 Å². The Kier molecular flexibility index (Phi) is 8.01. The van der Waals surface area contributed by atoms with Gasteiger partial charge in [-0.1, -0.05) is 81.4 Å². The van der Waals surface area contributed by atoms with Crippen LogP contribution in [-0.4, -0.2) is 32.8 Å². The molecule has 1 fully saturated rings. The van der Waals surface area contributed by atoms with E-state index >= 15 is 0 Å². The van der Waals surface area contributed by atoms with E-state index in [0.717, 1.165) is 48.3 Å². The topological polar surface area (TPSA) is 81.9 Å². The van der Waals surface area contributed by atoms with Crippen molar-refractivity contribution in [3.63, 3.8) is 0 Å². The molecule has 0 unspecified atom stereocenters. The van der Waals surface area contributed by atoms with Crippen LogP contribution in [0.5, 0.6) is 0 Å². The van der Waals surface area contributed by atoms with E-state index in [2.05, 4.69) is 85.0 Å². The summed E-state index contributed by atoms with van der Waals surface area (Å²) in [6.45, 7) is 9.16. The maximum Gasteiger partial charge on any atom is 0.338 e. The van der Waals surface area contributed by atoms with Crippen LogP contribution in [0.3, 0.4) is 0 Å². The molecule has 0 spiro atoms. The Balaban J connectivity index is 1.56. The molecule has 1 saturated carbocycles. The van der Waals surface area contributed by atoms with Gasteiger partial charge in [-0.3, -0.25) is 0 Å². The minimum Gasteiger partial charge on any atom is -0.462 e. The molecule has 1 heterocycles. The molecule has 0 aliphatic heterocycles. The van der Waals surface area contributed by atoms with E-state index in [1.54, 1.807) is 0 Å². The fourth-order valence-corrected chi connectivity index (χ4v) is 5.99. The van der Waals surface area contributed by atoms with E-state index in [-0.39, 0.29) is 17.4 Å². The van der Waals surface area contributed by atoms with Crippen molar-refractivity contribution in [3.8, 4) is 0 Å². The lowest BCUT2D eigenvalue weighted by Crippen LogP contribution is -2.44. The molecule has 0 radical (unpaired) electrons. The maximum atomic E-state index is 12.2. The molecule has 5 rings (SSSR count). The van der Waals surface area contributed by atoms with E-state index in [9.17, 15) is 4.79 Å². The maximum absolute atomic E-state index is 12.2. The average Bonchev–Trinajstić information content (AvgIpc) is 3.45. The van der Waals surface area contributed by atoms with Gasteiger partial charge in [0.25, 0.3) is 0 Å². The highest BCUT2D eigenvalue weighted by Gasteiger charge is 2.44. The van der Waals surface area contributed by atoms with Gasteiger partial charge in [0.15, 0.2) is 5.82 Å². The van der Waals surface area contributed by atoms with Crippen molar-refractivity contribution in [2.45, 2.75) is 65.0 Å². The van der Waals surface area contributed by atoms with Crippen LogP contribution in [-0.2, 0) is 10.3 Å². The highest BCUT2D eigenvalue weighted by molar-refractivity contribution is 5.89. The number of nitrogens with one attached hydrogen (secondary N) is 1. The van der Waals surface area contributed by atoms with Crippen molar-refractivity contribution in [3.05, 3.63) is 107 Å². The van der Waals surface area contributed by atoms with Crippen molar-refractivity contribution in [2.24, 2.45) is 11.3 Å². The van der Waals surface area contributed by atoms with Crippen LogP contribution in [0.25, 0.3) is 0 Å². The van der Waals surface area contributed by atoms with E-state index < -0.39 is 5.54 Å². The lowest BCUT2D eigenvalue weighted by molar-refractivity contribution is 0.0526. The predicted octanol–water partition coefficient (Wildman–Crippen LogP) is 7.03. The van der Waals surface area contributed by atoms with Gasteiger partial charge in [-0.2, -0.15) is 0 Å². The summed E-state index contributed by atoms with van der Waals surface area (Å²) in [4.78, 5) is 12.2. The second-order valence-electron chi connectivity index (χ2n) is 11.8. The monoisotopic (exact) mass is 537 g/mol. The average molecular weight is 538 g/mol. The van der Waals surface area contributed by atoms with Gasteiger partial charge in [-0.25, -0.2) is 9.48 Å². The van der Waals surface area contributed by atoms with Crippen LogP contribution in [0.4, 0.5) is 5.69 Å². The molecule has 0 saturated heterocycles. The number of rotatable bonds is 8. The highest BCUT2D eigenvalue weighted by Crippen LogP contribution is 2.47. The third-order valence-electron chi connectivity index (χ3n) is 8.24. The molecule has 1 aliphatic carbocycles. The van der Waals surface area contributed by atoms with E-state index in [1.807, 2.05) is 48.0 Å². The second-order valence-corrected chi connectivity index (χ2v) is 11.8. The Bertz CT molecular complexity index is 1350. The standard InChI is InChI=1S/C33H39N5O2/c1-5-40-30(39)26-16-18-28(19-17-26)34-33(22-20-27(21-23-33)32(2,3)4)31-35-36-37-38(31)29(24-12-8-6-9-13-24)25-14-10-7-11-15-25/h6-19,27,29,34H,5,20-23H2,1-4H3. The van der Waals surface area contributed by atoms with E-state index in [4.69, 9.17) is 9.84 Å². The number of hydrogen-bond acceptors (Lipinski definition) is 6. The number of ether oxygens (including phenoxy) is 1. The van der Waals surface area contributed by atoms with Crippen molar-refractivity contribution in [1.29, 1.82) is 0 Å². The SMILES string of the molecule is CCOC(=O)c1ccc(NC2(c3nnnn3C(c3ccccc3)c3ccccc3)CCC(C(C)(C)C)CC2)cc1. The number of carbonyl (C=O) groups is 1. The van der Waals surface area contributed by atoms with Crippen LogP contribution in [0, 0.1) is 11.3 Å². The Morgan fingerprint density at radius 2 is 1.52 bits per heavy atom. The molecule has 1 aliphatic rings. The van der Waals surface area contributed by atoms with Crippen molar-refractivity contribution >= 4 is 11.7 Å². The lowest BCUT2D eigenvalue weighted by atomic mass is 9.67. The summed E-state index contributed by atoms with van der Waals surface area (Å²) < 4.78 is 7.18. The zero-order valence-electron chi connectivity index (χ0n) is 23.9. The quantitative estimate of drug-likeness (QED) is 0.243. The first kappa shape index (κ1) is 27.6. The summed E-state index contributed by atoms with van der Waals surface area (Å²) in [7, 11) is 0. The third kappa shape index (κ3) is 5.79.